The number of aliphatic hydroxyl groups excluding tert-OH is 2. The van der Waals surface area contributed by atoms with E-state index in [2.05, 4.69) is 42.6 Å². The second-order valence-electron chi connectivity index (χ2n) is 6.38. The van der Waals surface area contributed by atoms with E-state index in [4.69, 9.17) is 6.42 Å². The Bertz CT molecular complexity index is 443. The van der Waals surface area contributed by atoms with Crippen molar-refractivity contribution in [1.29, 1.82) is 0 Å². The molecule has 2 N–H and O–H groups in total. The smallest absolute Gasteiger partial charge is 0.118 e. The molecule has 3 atom stereocenters. The molecule has 1 rings (SSSR count). The normalized spacial score (nSPS) is 24.9. The topological polar surface area (TPSA) is 40.5 Å². The van der Waals surface area contributed by atoms with Gasteiger partial charge in [-0.2, -0.15) is 0 Å². The molecule has 0 aromatic heterocycles. The van der Waals surface area contributed by atoms with Crippen LogP contribution in [0.15, 0.2) is 23.3 Å². The second-order valence-corrected chi connectivity index (χ2v) is 7.17. The van der Waals surface area contributed by atoms with E-state index >= 15 is 0 Å². The Morgan fingerprint density at radius 3 is 2.71 bits per heavy atom. The molecule has 0 aromatic carbocycles. The number of alkyl halides is 1. The number of aliphatic hydroxyl groups is 2. The van der Waals surface area contributed by atoms with Crippen molar-refractivity contribution in [3.8, 4) is 12.3 Å². The molecule has 3 unspecified atom stereocenters. The van der Waals surface area contributed by atoms with Crippen molar-refractivity contribution in [1.82, 2.24) is 0 Å². The quantitative estimate of drug-likeness (QED) is 0.329. The number of rotatable bonds is 6. The Kier molecular flexibility index (Phi) is 7.20. The monoisotopic (exact) mass is 354 g/mol. The molecule has 0 radical (unpaired) electrons. The average Bonchev–Trinajstić information content (AvgIpc) is 2.42. The molecule has 0 saturated heterocycles. The molecule has 3 heteroatoms. The standard InChI is InChI=1S/C18H27BrO2/c1-5-15(20)14-11-10-13(2)17(18(14,3)4)16(21)9-7-6-8-12-19/h1,7,9,14-16,20-21H,6,8,10-12H2,2-4H3/b9-7+. The maximum absolute atomic E-state index is 10.6. The van der Waals surface area contributed by atoms with Gasteiger partial charge in [-0.1, -0.05) is 53.4 Å². The van der Waals surface area contributed by atoms with Crippen LogP contribution in [0.2, 0.25) is 0 Å². The Morgan fingerprint density at radius 2 is 2.14 bits per heavy atom. The van der Waals surface area contributed by atoms with E-state index in [1.165, 1.54) is 5.57 Å². The number of halogens is 1. The summed E-state index contributed by atoms with van der Waals surface area (Å²) < 4.78 is 0. The summed E-state index contributed by atoms with van der Waals surface area (Å²) in [7, 11) is 0. The molecule has 0 saturated carbocycles. The van der Waals surface area contributed by atoms with E-state index in [1.807, 2.05) is 12.2 Å². The van der Waals surface area contributed by atoms with Crippen LogP contribution in [-0.2, 0) is 0 Å². The third-order valence-corrected chi connectivity index (χ3v) is 5.14. The van der Waals surface area contributed by atoms with Crippen molar-refractivity contribution in [2.45, 2.75) is 58.7 Å². The lowest BCUT2D eigenvalue weighted by molar-refractivity contribution is 0.0642. The van der Waals surface area contributed by atoms with E-state index in [0.29, 0.717) is 0 Å². The minimum Gasteiger partial charge on any atom is -0.385 e. The molecule has 0 aromatic rings. The Labute approximate surface area is 137 Å². The number of unbranched alkanes of at least 4 members (excludes halogenated alkanes) is 1. The van der Waals surface area contributed by atoms with Crippen molar-refractivity contribution in [2.75, 3.05) is 5.33 Å². The van der Waals surface area contributed by atoms with Gasteiger partial charge in [-0.3, -0.25) is 0 Å². The lowest BCUT2D eigenvalue weighted by Crippen LogP contribution is -2.41. The summed E-state index contributed by atoms with van der Waals surface area (Å²) in [5.74, 6) is 2.44. The van der Waals surface area contributed by atoms with Gasteiger partial charge in [0.25, 0.3) is 0 Å². The van der Waals surface area contributed by atoms with E-state index in [9.17, 15) is 10.2 Å². The molecular weight excluding hydrogens is 328 g/mol. The lowest BCUT2D eigenvalue weighted by atomic mass is 9.62. The molecule has 118 valence electrons. The zero-order chi connectivity index (χ0) is 16.0. The number of hydrogen-bond acceptors (Lipinski definition) is 2. The summed E-state index contributed by atoms with van der Waals surface area (Å²) in [5, 5.41) is 21.6. The highest BCUT2D eigenvalue weighted by Gasteiger charge is 2.42. The van der Waals surface area contributed by atoms with E-state index < -0.39 is 12.2 Å². The largest absolute Gasteiger partial charge is 0.385 e. The minimum atomic E-state index is -0.757. The van der Waals surface area contributed by atoms with Gasteiger partial charge in [0.15, 0.2) is 0 Å². The SMILES string of the molecule is C#CC(O)C1CCC(C)=C(C(O)/C=C/CCCBr)C1(C)C. The first-order chi connectivity index (χ1) is 9.86. The van der Waals surface area contributed by atoms with Gasteiger partial charge in [0.05, 0.1) is 6.10 Å². The first-order valence-corrected chi connectivity index (χ1v) is 8.73. The molecule has 0 amide bonds. The molecule has 1 aliphatic rings. The zero-order valence-corrected chi connectivity index (χ0v) is 14.9. The predicted octanol–water partition coefficient (Wildman–Crippen LogP) is 3.83. The predicted molar refractivity (Wildman–Crippen MR) is 92.2 cm³/mol. The van der Waals surface area contributed by atoms with Gasteiger partial charge in [-0.05, 0) is 43.6 Å². The van der Waals surface area contributed by atoms with Crippen LogP contribution in [0.3, 0.4) is 0 Å². The second kappa shape index (κ2) is 8.17. The van der Waals surface area contributed by atoms with Gasteiger partial charge in [0, 0.05) is 11.2 Å². The van der Waals surface area contributed by atoms with Crippen molar-refractivity contribution in [2.24, 2.45) is 11.3 Å². The van der Waals surface area contributed by atoms with Crippen LogP contribution in [0.1, 0.15) is 46.5 Å². The fourth-order valence-electron chi connectivity index (χ4n) is 3.44. The van der Waals surface area contributed by atoms with E-state index in [0.717, 1.165) is 36.6 Å². The van der Waals surface area contributed by atoms with Crippen molar-refractivity contribution in [3.63, 3.8) is 0 Å². The molecule has 0 spiro atoms. The van der Waals surface area contributed by atoms with Crippen LogP contribution in [0.4, 0.5) is 0 Å². The Balaban J connectivity index is 2.97. The van der Waals surface area contributed by atoms with Crippen LogP contribution in [0.5, 0.6) is 0 Å². The Morgan fingerprint density at radius 1 is 1.48 bits per heavy atom. The fourth-order valence-corrected chi connectivity index (χ4v) is 3.76. The number of hydrogen-bond donors (Lipinski definition) is 2. The first-order valence-electron chi connectivity index (χ1n) is 7.61. The molecule has 0 bridgehead atoms. The molecule has 2 nitrogen and oxygen atoms in total. The van der Waals surface area contributed by atoms with Gasteiger partial charge < -0.3 is 10.2 Å². The number of allylic oxidation sites excluding steroid dienone is 2. The summed E-state index contributed by atoms with van der Waals surface area (Å²) in [4.78, 5) is 0. The Hall–Kier alpha value is -0.560. The minimum absolute atomic E-state index is 0.00760. The van der Waals surface area contributed by atoms with Gasteiger partial charge >= 0.3 is 0 Å². The molecule has 0 fully saturated rings. The molecule has 21 heavy (non-hydrogen) atoms. The summed E-state index contributed by atoms with van der Waals surface area (Å²) in [6, 6.07) is 0. The lowest BCUT2D eigenvalue weighted by Gasteiger charge is -2.44. The fraction of sp³-hybridized carbons (Fsp3) is 0.667. The van der Waals surface area contributed by atoms with Crippen molar-refractivity contribution in [3.05, 3.63) is 23.3 Å². The average molecular weight is 355 g/mol. The van der Waals surface area contributed by atoms with Crippen LogP contribution in [0, 0.1) is 23.7 Å². The van der Waals surface area contributed by atoms with Crippen LogP contribution >= 0.6 is 15.9 Å². The summed E-state index contributed by atoms with van der Waals surface area (Å²) in [5.41, 5.74) is 1.94. The molecule has 0 heterocycles. The van der Waals surface area contributed by atoms with E-state index in [-0.39, 0.29) is 11.3 Å². The van der Waals surface area contributed by atoms with Crippen LogP contribution < -0.4 is 0 Å². The molecule has 0 aliphatic heterocycles. The number of terminal acetylenes is 1. The van der Waals surface area contributed by atoms with Crippen molar-refractivity contribution < 1.29 is 10.2 Å². The molecule has 1 aliphatic carbocycles. The van der Waals surface area contributed by atoms with Gasteiger partial charge in [-0.15, -0.1) is 6.42 Å². The highest BCUT2D eigenvalue weighted by atomic mass is 79.9. The van der Waals surface area contributed by atoms with Gasteiger partial charge in [0.1, 0.15) is 6.10 Å². The zero-order valence-electron chi connectivity index (χ0n) is 13.3. The third kappa shape index (κ3) is 4.45. The van der Waals surface area contributed by atoms with Gasteiger partial charge in [0.2, 0.25) is 0 Å². The highest BCUT2D eigenvalue weighted by molar-refractivity contribution is 9.09. The highest BCUT2D eigenvalue weighted by Crippen LogP contribution is 2.47. The molecular formula is C18H27BrO2. The summed E-state index contributed by atoms with van der Waals surface area (Å²) in [6.45, 7) is 6.22. The van der Waals surface area contributed by atoms with E-state index in [1.54, 1.807) is 0 Å². The maximum atomic E-state index is 10.6. The maximum Gasteiger partial charge on any atom is 0.118 e. The summed E-state index contributed by atoms with van der Waals surface area (Å²) in [6.07, 6.45) is 11.7. The van der Waals surface area contributed by atoms with Crippen molar-refractivity contribution >= 4 is 15.9 Å². The third-order valence-electron chi connectivity index (χ3n) is 4.58. The van der Waals surface area contributed by atoms with Gasteiger partial charge in [-0.25, -0.2) is 0 Å². The summed E-state index contributed by atoms with van der Waals surface area (Å²) >= 11 is 3.40. The van der Waals surface area contributed by atoms with Crippen LogP contribution in [0.25, 0.3) is 0 Å². The van der Waals surface area contributed by atoms with Crippen LogP contribution in [-0.4, -0.2) is 27.8 Å². The first kappa shape index (κ1) is 18.5.